The molecule has 0 spiro atoms. The second-order valence-electron chi connectivity index (χ2n) is 2.70. The van der Waals surface area contributed by atoms with Crippen LogP contribution in [0.5, 0.6) is 0 Å². The molecule has 0 bridgehead atoms. The monoisotopic (exact) mass is 232 g/mol. The predicted molar refractivity (Wildman–Crippen MR) is 53.9 cm³/mol. The molecule has 1 N–H and O–H groups in total. The normalized spacial score (nSPS) is 12.5. The third-order valence-corrected chi connectivity index (χ3v) is 2.46. The Balaban J connectivity index is 0. The summed E-state index contributed by atoms with van der Waals surface area (Å²) in [6.07, 6.45) is 0. The van der Waals surface area contributed by atoms with Gasteiger partial charge >= 0.3 is 35.5 Å². The summed E-state index contributed by atoms with van der Waals surface area (Å²) in [4.78, 5) is 10.8. The van der Waals surface area contributed by atoms with Crippen molar-refractivity contribution in [3.63, 3.8) is 0 Å². The van der Waals surface area contributed by atoms with Gasteiger partial charge in [-0.3, -0.25) is 4.55 Å². The molecule has 0 rings (SSSR count). The summed E-state index contributed by atoms with van der Waals surface area (Å²) in [5.41, 5.74) is 0.183. The third-order valence-electron chi connectivity index (χ3n) is 1.31. The molecular formula is C7H13NaO5S. The van der Waals surface area contributed by atoms with Crippen molar-refractivity contribution in [3.8, 4) is 0 Å². The van der Waals surface area contributed by atoms with Crippen molar-refractivity contribution in [2.75, 3.05) is 6.61 Å². The van der Waals surface area contributed by atoms with Gasteiger partial charge in [0.1, 0.15) is 11.9 Å². The summed E-state index contributed by atoms with van der Waals surface area (Å²) in [6, 6.07) is 0. The van der Waals surface area contributed by atoms with E-state index >= 15 is 0 Å². The third kappa shape index (κ3) is 6.56. The van der Waals surface area contributed by atoms with Crippen LogP contribution < -0.4 is 0 Å². The first kappa shape index (κ1) is 16.5. The van der Waals surface area contributed by atoms with E-state index in [1.54, 1.807) is 0 Å². The Morgan fingerprint density at radius 2 is 2.00 bits per heavy atom. The van der Waals surface area contributed by atoms with Crippen molar-refractivity contribution < 1.29 is 22.5 Å². The minimum absolute atomic E-state index is 0. The van der Waals surface area contributed by atoms with Crippen molar-refractivity contribution in [1.29, 1.82) is 0 Å². The van der Waals surface area contributed by atoms with Gasteiger partial charge in [0.05, 0.1) is 0 Å². The van der Waals surface area contributed by atoms with Gasteiger partial charge in [-0.25, -0.2) is 4.79 Å². The Labute approximate surface area is 106 Å². The molecule has 7 heteroatoms. The maximum absolute atomic E-state index is 10.8. The molecule has 0 saturated carbocycles. The number of hydrogen-bond donors (Lipinski definition) is 1. The van der Waals surface area contributed by atoms with Gasteiger partial charge in [0.15, 0.2) is 0 Å². The van der Waals surface area contributed by atoms with Crippen LogP contribution in [0.25, 0.3) is 0 Å². The van der Waals surface area contributed by atoms with Gasteiger partial charge in [0.25, 0.3) is 10.1 Å². The molecule has 0 heterocycles. The van der Waals surface area contributed by atoms with Gasteiger partial charge in [-0.2, -0.15) is 8.42 Å². The number of carbonyl (C=O) groups excluding carboxylic acids is 1. The van der Waals surface area contributed by atoms with Crippen LogP contribution in [0.15, 0.2) is 12.2 Å². The molecule has 0 aromatic carbocycles. The molecule has 0 aliphatic carbocycles. The SMILES string of the molecule is C=C(C)C(=O)OCC(C)S(=O)(=O)O.[NaH]. The van der Waals surface area contributed by atoms with E-state index in [4.69, 9.17) is 4.55 Å². The van der Waals surface area contributed by atoms with E-state index < -0.39 is 21.3 Å². The summed E-state index contributed by atoms with van der Waals surface area (Å²) >= 11 is 0. The molecule has 5 nitrogen and oxygen atoms in total. The number of hydrogen-bond acceptors (Lipinski definition) is 4. The van der Waals surface area contributed by atoms with Crippen LogP contribution in [0.3, 0.4) is 0 Å². The van der Waals surface area contributed by atoms with Crippen molar-refractivity contribution in [2.45, 2.75) is 19.1 Å². The van der Waals surface area contributed by atoms with Gasteiger partial charge in [-0.1, -0.05) is 6.58 Å². The number of esters is 1. The average Bonchev–Trinajstić information content (AvgIpc) is 1.97. The van der Waals surface area contributed by atoms with Crippen molar-refractivity contribution >= 4 is 45.6 Å². The van der Waals surface area contributed by atoms with Gasteiger partial charge in [0, 0.05) is 5.57 Å². The van der Waals surface area contributed by atoms with Crippen LogP contribution in [-0.4, -0.2) is 60.4 Å². The first-order valence-electron chi connectivity index (χ1n) is 3.54. The molecule has 0 amide bonds. The minimum atomic E-state index is -4.13. The summed E-state index contributed by atoms with van der Waals surface area (Å²) in [6.45, 7) is 5.62. The number of carbonyl (C=O) groups is 1. The fourth-order valence-electron chi connectivity index (χ4n) is 0.402. The molecule has 0 aliphatic heterocycles. The van der Waals surface area contributed by atoms with E-state index in [2.05, 4.69) is 11.3 Å². The fourth-order valence-corrected chi connectivity index (χ4v) is 0.642. The number of rotatable bonds is 4. The van der Waals surface area contributed by atoms with Crippen LogP contribution in [0.4, 0.5) is 0 Å². The summed E-state index contributed by atoms with van der Waals surface area (Å²) in [5, 5.41) is -1.12. The van der Waals surface area contributed by atoms with Gasteiger partial charge < -0.3 is 4.74 Å². The predicted octanol–water partition coefficient (Wildman–Crippen LogP) is -0.266. The van der Waals surface area contributed by atoms with E-state index in [9.17, 15) is 13.2 Å². The number of ether oxygens (including phenoxy) is 1. The average molecular weight is 232 g/mol. The molecule has 14 heavy (non-hydrogen) atoms. The molecule has 0 saturated heterocycles. The Hall–Kier alpha value is 0.120. The van der Waals surface area contributed by atoms with Gasteiger partial charge in [-0.05, 0) is 13.8 Å². The van der Waals surface area contributed by atoms with E-state index in [0.29, 0.717) is 0 Å². The molecule has 1 atom stereocenters. The zero-order valence-corrected chi connectivity index (χ0v) is 8.30. The van der Waals surface area contributed by atoms with Crippen molar-refractivity contribution in [2.24, 2.45) is 0 Å². The molecule has 1 unspecified atom stereocenters. The molecule has 0 fully saturated rings. The molecular weight excluding hydrogens is 219 g/mol. The molecule has 78 valence electrons. The van der Waals surface area contributed by atoms with E-state index in [0.717, 1.165) is 0 Å². The Morgan fingerprint density at radius 3 is 2.29 bits per heavy atom. The molecule has 0 aliphatic rings. The van der Waals surface area contributed by atoms with Gasteiger partial charge in [0.2, 0.25) is 0 Å². The first-order chi connectivity index (χ1) is 5.75. The molecule has 0 aromatic rings. The van der Waals surface area contributed by atoms with E-state index in [-0.39, 0.29) is 41.7 Å². The fraction of sp³-hybridized carbons (Fsp3) is 0.571. The summed E-state index contributed by atoms with van der Waals surface area (Å²) < 4.78 is 33.9. The van der Waals surface area contributed by atoms with Crippen molar-refractivity contribution in [3.05, 3.63) is 12.2 Å². The first-order valence-corrected chi connectivity index (χ1v) is 5.04. The quantitative estimate of drug-likeness (QED) is 0.312. The second kappa shape index (κ2) is 6.58. The van der Waals surface area contributed by atoms with Crippen LogP contribution >= 0.6 is 0 Å². The maximum atomic E-state index is 10.8. The topological polar surface area (TPSA) is 80.7 Å². The van der Waals surface area contributed by atoms with E-state index in [1.807, 2.05) is 0 Å². The Morgan fingerprint density at radius 1 is 1.57 bits per heavy atom. The molecule has 0 aromatic heterocycles. The Bertz CT molecular complexity index is 308. The standard InChI is InChI=1S/C7H12O5S.Na.H/c1-5(2)7(8)12-4-6(3)13(9,10)11;;/h6H,1,4H2,2-3H3,(H,9,10,11);;. The van der Waals surface area contributed by atoms with Crippen LogP contribution in [0.1, 0.15) is 13.8 Å². The second-order valence-corrected chi connectivity index (χ2v) is 4.54. The zero-order valence-electron chi connectivity index (χ0n) is 7.48. The van der Waals surface area contributed by atoms with Crippen LogP contribution in [0, 0.1) is 0 Å². The van der Waals surface area contributed by atoms with E-state index in [1.165, 1.54) is 13.8 Å². The molecule has 0 radical (unpaired) electrons. The Kier molecular flexibility index (Phi) is 7.77. The summed E-state index contributed by atoms with van der Waals surface area (Å²) in [7, 11) is -4.13. The zero-order chi connectivity index (χ0) is 10.6. The van der Waals surface area contributed by atoms with Crippen LogP contribution in [-0.2, 0) is 19.6 Å². The van der Waals surface area contributed by atoms with Crippen molar-refractivity contribution in [1.82, 2.24) is 0 Å². The van der Waals surface area contributed by atoms with Gasteiger partial charge in [-0.15, -0.1) is 0 Å². The summed E-state index contributed by atoms with van der Waals surface area (Å²) in [5.74, 6) is -0.671. The van der Waals surface area contributed by atoms with Crippen LogP contribution in [0.2, 0.25) is 0 Å².